The Morgan fingerprint density at radius 2 is 2.09 bits per heavy atom. The van der Waals surface area contributed by atoms with Gasteiger partial charge in [-0.3, -0.25) is 9.59 Å². The molecule has 1 saturated heterocycles. The minimum atomic E-state index is -0.996. The number of nitroso groups, excluding NO2 is 1. The fraction of sp³-hybridized carbons (Fsp3) is 0.381. The van der Waals surface area contributed by atoms with E-state index < -0.39 is 12.0 Å². The Morgan fingerprint density at radius 1 is 1.38 bits per heavy atom. The molecule has 0 spiro atoms. The van der Waals surface area contributed by atoms with Gasteiger partial charge in [0, 0.05) is 25.1 Å². The van der Waals surface area contributed by atoms with Crippen LogP contribution < -0.4 is 5.32 Å². The van der Waals surface area contributed by atoms with Gasteiger partial charge in [0.05, 0.1) is 14.7 Å². The van der Waals surface area contributed by atoms with E-state index in [1.807, 2.05) is 17.5 Å². The molecule has 0 unspecified atom stereocenters. The maximum absolute atomic E-state index is 12.6. The van der Waals surface area contributed by atoms with Crippen molar-refractivity contribution in [2.45, 2.75) is 18.9 Å². The maximum atomic E-state index is 12.6. The summed E-state index contributed by atoms with van der Waals surface area (Å²) < 4.78 is 5.59. The van der Waals surface area contributed by atoms with Crippen LogP contribution in [0, 0.1) is 10.8 Å². The van der Waals surface area contributed by atoms with E-state index in [0.717, 1.165) is 10.1 Å². The molecule has 0 bridgehead atoms. The molecule has 2 N–H and O–H groups in total. The topological polar surface area (TPSA) is 109 Å². The molecule has 8 nitrogen and oxygen atoms in total. The average Bonchev–Trinajstić information content (AvgIpc) is 3.28. The van der Waals surface area contributed by atoms with Gasteiger partial charge in [-0.1, -0.05) is 28.4 Å². The van der Waals surface area contributed by atoms with Crippen molar-refractivity contribution in [3.8, 4) is 0 Å². The Labute approximate surface area is 198 Å². The Bertz CT molecular complexity index is 1060. The Kier molecular flexibility index (Phi) is 8.22. The summed E-state index contributed by atoms with van der Waals surface area (Å²) in [4.78, 5) is 46.9. The standard InChI is InChI=1S/C21H21Cl2N3O5S/c1-31-21(29)15(11-24-30)25-20(28)12-4-7-26(8-5-12)16(27)3-2-13-10-14-6-9-32-19(14)18(23)17(13)22/h2-3,6,9-10,12,15H,4-5,7-8,11H2,1H3,(H,25,28)/p+1/b3-2+/t15-/m0/s1. The Morgan fingerprint density at radius 3 is 2.75 bits per heavy atom. The van der Waals surface area contributed by atoms with E-state index in [-0.39, 0.29) is 24.3 Å². The van der Waals surface area contributed by atoms with Crippen LogP contribution >= 0.6 is 34.5 Å². The van der Waals surface area contributed by atoms with E-state index in [2.05, 4.69) is 15.2 Å². The van der Waals surface area contributed by atoms with Crippen LogP contribution in [0.1, 0.15) is 18.4 Å². The van der Waals surface area contributed by atoms with Gasteiger partial charge in [0.1, 0.15) is 6.54 Å². The maximum Gasteiger partial charge on any atom is 0.507 e. The van der Waals surface area contributed by atoms with Crippen LogP contribution in [0.5, 0.6) is 0 Å². The average molecular weight is 499 g/mol. The van der Waals surface area contributed by atoms with Gasteiger partial charge in [-0.25, -0.2) is 0 Å². The third kappa shape index (κ3) is 5.46. The summed E-state index contributed by atoms with van der Waals surface area (Å²) in [5.74, 6) is -1.34. The highest BCUT2D eigenvalue weighted by molar-refractivity contribution is 7.18. The van der Waals surface area contributed by atoms with E-state index in [1.54, 1.807) is 11.0 Å². The van der Waals surface area contributed by atoms with Crippen LogP contribution in [-0.4, -0.2) is 60.3 Å². The zero-order valence-electron chi connectivity index (χ0n) is 17.2. The SMILES string of the molecule is COC(=[OH+])[C@H](CN=O)NC(=O)C1CCN(C(=O)/C=C/c2cc3ccsc3c(Cl)c2Cl)CC1. The molecule has 0 radical (unpaired) electrons. The number of piperidine rings is 1. The number of nitrogens with one attached hydrogen (secondary N) is 1. The molecule has 32 heavy (non-hydrogen) atoms. The number of fused-ring (bicyclic) bond motifs is 1. The van der Waals surface area contributed by atoms with Gasteiger partial charge in [0.15, 0.2) is 7.11 Å². The molecular weight excluding hydrogens is 477 g/mol. The summed E-state index contributed by atoms with van der Waals surface area (Å²) in [7, 11) is 1.23. The van der Waals surface area contributed by atoms with Gasteiger partial charge >= 0.3 is 5.97 Å². The quantitative estimate of drug-likeness (QED) is 0.270. The summed E-state index contributed by atoms with van der Waals surface area (Å²) in [5, 5.41) is 9.03. The lowest BCUT2D eigenvalue weighted by molar-refractivity contribution is -0.132. The van der Waals surface area contributed by atoms with Gasteiger partial charge in [0.2, 0.25) is 17.9 Å². The number of hydrogen-bond donors (Lipinski definition) is 1. The molecule has 3 rings (SSSR count). The first-order valence-electron chi connectivity index (χ1n) is 9.87. The summed E-state index contributed by atoms with van der Waals surface area (Å²) in [5.41, 5.74) is 0.661. The molecule has 1 aliphatic rings. The first kappa shape index (κ1) is 24.2. The van der Waals surface area contributed by atoms with Crippen molar-refractivity contribution in [3.05, 3.63) is 44.1 Å². The van der Waals surface area contributed by atoms with Gasteiger partial charge in [-0.15, -0.1) is 11.3 Å². The van der Waals surface area contributed by atoms with Crippen molar-refractivity contribution in [2.24, 2.45) is 11.1 Å². The van der Waals surface area contributed by atoms with Gasteiger partial charge in [0.25, 0.3) is 0 Å². The van der Waals surface area contributed by atoms with Gasteiger partial charge in [-0.2, -0.15) is 4.91 Å². The number of halogens is 2. The van der Waals surface area contributed by atoms with Crippen molar-refractivity contribution in [1.82, 2.24) is 10.2 Å². The normalized spacial score (nSPS) is 15.7. The monoisotopic (exact) mass is 498 g/mol. The van der Waals surface area contributed by atoms with Crippen molar-refractivity contribution in [3.63, 3.8) is 0 Å². The smallest absolute Gasteiger partial charge is 0.339 e. The number of benzene rings is 1. The summed E-state index contributed by atoms with van der Waals surface area (Å²) in [6, 6.07) is 2.83. The van der Waals surface area contributed by atoms with E-state index >= 15 is 0 Å². The lowest BCUT2D eigenvalue weighted by Gasteiger charge is -2.31. The second-order valence-corrected chi connectivity index (χ2v) is 8.95. The van der Waals surface area contributed by atoms with E-state index in [1.165, 1.54) is 24.5 Å². The van der Waals surface area contributed by atoms with Crippen LogP contribution in [0.15, 0.2) is 28.8 Å². The number of hydrogen-bond acceptors (Lipinski definition) is 6. The number of carbonyl (C=O) groups is 2. The largest absolute Gasteiger partial charge is 0.507 e. The van der Waals surface area contributed by atoms with E-state index in [0.29, 0.717) is 41.5 Å². The molecule has 11 heteroatoms. The molecule has 2 heterocycles. The molecule has 0 saturated carbocycles. The van der Waals surface area contributed by atoms with Crippen LogP contribution in [0.3, 0.4) is 0 Å². The molecule has 1 aromatic heterocycles. The number of nitrogens with zero attached hydrogens (tertiary/aromatic N) is 2. The second-order valence-electron chi connectivity index (χ2n) is 7.28. The molecule has 1 aromatic carbocycles. The number of ether oxygens (including phenoxy) is 1. The third-order valence-electron chi connectivity index (χ3n) is 5.32. The molecule has 2 aromatic rings. The molecular formula is C21H22Cl2N3O5S+. The highest BCUT2D eigenvalue weighted by Crippen LogP contribution is 2.37. The number of thiophene rings is 1. The molecule has 0 aliphatic carbocycles. The van der Waals surface area contributed by atoms with Crippen molar-refractivity contribution in [1.29, 1.82) is 0 Å². The zero-order chi connectivity index (χ0) is 23.3. The number of methoxy groups -OCH3 is 1. The molecule has 1 aliphatic heterocycles. The highest BCUT2D eigenvalue weighted by atomic mass is 35.5. The first-order chi connectivity index (χ1) is 15.3. The predicted molar refractivity (Wildman–Crippen MR) is 127 cm³/mol. The highest BCUT2D eigenvalue weighted by Gasteiger charge is 2.33. The van der Waals surface area contributed by atoms with Crippen LogP contribution in [-0.2, 0) is 14.3 Å². The lowest BCUT2D eigenvalue weighted by atomic mass is 9.95. The number of rotatable bonds is 7. The molecule has 2 amide bonds. The summed E-state index contributed by atoms with van der Waals surface area (Å²) in [6.07, 6.45) is 4.00. The molecule has 1 atom stereocenters. The summed E-state index contributed by atoms with van der Waals surface area (Å²) in [6.45, 7) is 0.461. The number of carbonyl (C=O) groups excluding carboxylic acids is 3. The van der Waals surface area contributed by atoms with Crippen LogP contribution in [0.4, 0.5) is 0 Å². The Balaban J connectivity index is 1.57. The predicted octanol–water partition coefficient (Wildman–Crippen LogP) is 3.86. The van der Waals surface area contributed by atoms with E-state index in [9.17, 15) is 19.3 Å². The van der Waals surface area contributed by atoms with Crippen molar-refractivity contribution < 1.29 is 19.1 Å². The van der Waals surface area contributed by atoms with Crippen LogP contribution in [0.2, 0.25) is 10.0 Å². The Hall–Kier alpha value is -2.49. The molecule has 170 valence electrons. The minimum Gasteiger partial charge on any atom is -0.339 e. The van der Waals surface area contributed by atoms with Crippen LogP contribution in [0.25, 0.3) is 16.2 Å². The van der Waals surface area contributed by atoms with Gasteiger partial charge in [-0.05, 0) is 47.4 Å². The van der Waals surface area contributed by atoms with Gasteiger partial charge < -0.3 is 19.7 Å². The lowest BCUT2D eigenvalue weighted by Crippen LogP contribution is -2.48. The zero-order valence-corrected chi connectivity index (χ0v) is 19.5. The third-order valence-corrected chi connectivity index (χ3v) is 7.26. The number of esters is 1. The fourth-order valence-electron chi connectivity index (χ4n) is 3.51. The van der Waals surface area contributed by atoms with E-state index in [4.69, 9.17) is 23.2 Å². The minimum absolute atomic E-state index is 0.185. The number of likely N-dealkylation sites (tertiary alicyclic amines) is 1. The van der Waals surface area contributed by atoms with Crippen molar-refractivity contribution >= 4 is 68.5 Å². The summed E-state index contributed by atoms with van der Waals surface area (Å²) >= 11 is 14.2. The first-order valence-corrected chi connectivity index (χ1v) is 11.5. The second kappa shape index (κ2) is 10.9. The number of amides is 2. The molecule has 1 fully saturated rings. The van der Waals surface area contributed by atoms with Crippen molar-refractivity contribution in [2.75, 3.05) is 26.7 Å². The fourth-order valence-corrected chi connectivity index (χ4v) is 4.95.